The number of aryl methyl sites for hydroxylation is 1. The number of hydrogen-bond donors (Lipinski definition) is 1. The predicted octanol–water partition coefficient (Wildman–Crippen LogP) is 4.23. The fourth-order valence-corrected chi connectivity index (χ4v) is 4.73. The van der Waals surface area contributed by atoms with Gasteiger partial charge < -0.3 is 4.90 Å². The Morgan fingerprint density at radius 3 is 3.07 bits per heavy atom. The molecular formula is C19H17N5OS2. The van der Waals surface area contributed by atoms with Crippen molar-refractivity contribution in [1.82, 2.24) is 14.3 Å². The molecule has 0 unspecified atom stereocenters. The molecule has 3 aromatic rings. The Morgan fingerprint density at radius 2 is 2.30 bits per heavy atom. The highest BCUT2D eigenvalue weighted by Crippen LogP contribution is 2.29. The van der Waals surface area contributed by atoms with Gasteiger partial charge in [0.25, 0.3) is 0 Å². The summed E-state index contributed by atoms with van der Waals surface area (Å²) in [5.74, 6) is 0.660. The first kappa shape index (κ1) is 17.6. The molecule has 0 spiro atoms. The molecule has 2 amide bonds. The van der Waals surface area contributed by atoms with Crippen LogP contribution in [-0.4, -0.2) is 26.8 Å². The minimum Gasteiger partial charge on any atom is -0.320 e. The summed E-state index contributed by atoms with van der Waals surface area (Å²) in [6.07, 6.45) is 1.17. The second-order valence-corrected chi connectivity index (χ2v) is 8.02. The van der Waals surface area contributed by atoms with Crippen LogP contribution >= 0.6 is 22.9 Å². The molecule has 0 fully saturated rings. The average Bonchev–Trinajstić information content (AvgIpc) is 3.30. The van der Waals surface area contributed by atoms with Gasteiger partial charge in [0.2, 0.25) is 5.13 Å². The summed E-state index contributed by atoms with van der Waals surface area (Å²) in [4.78, 5) is 19.9. The third-order valence-corrected chi connectivity index (χ3v) is 6.27. The zero-order valence-electron chi connectivity index (χ0n) is 14.7. The Balaban J connectivity index is 1.46. The van der Waals surface area contributed by atoms with Crippen LogP contribution < -0.4 is 5.32 Å². The van der Waals surface area contributed by atoms with Gasteiger partial charge in [0, 0.05) is 24.6 Å². The van der Waals surface area contributed by atoms with Gasteiger partial charge in [-0.1, -0.05) is 18.2 Å². The monoisotopic (exact) mass is 395 g/mol. The summed E-state index contributed by atoms with van der Waals surface area (Å²) < 4.78 is 4.36. The average molecular weight is 396 g/mol. The molecule has 8 heteroatoms. The lowest BCUT2D eigenvalue weighted by atomic mass is 9.93. The molecule has 6 nitrogen and oxygen atoms in total. The van der Waals surface area contributed by atoms with Crippen molar-refractivity contribution >= 4 is 34.0 Å². The van der Waals surface area contributed by atoms with Crippen molar-refractivity contribution in [2.45, 2.75) is 26.3 Å². The maximum atomic E-state index is 12.7. The van der Waals surface area contributed by atoms with Gasteiger partial charge in [-0.15, -0.1) is 11.3 Å². The number of carbonyl (C=O) groups excluding carboxylic acids is 1. The molecule has 0 bridgehead atoms. The maximum absolute atomic E-state index is 12.7. The number of thiophene rings is 1. The molecule has 0 saturated heterocycles. The van der Waals surface area contributed by atoms with E-state index in [9.17, 15) is 4.79 Å². The number of urea groups is 1. The van der Waals surface area contributed by atoms with Crippen molar-refractivity contribution in [1.29, 1.82) is 5.26 Å². The Labute approximate surface area is 165 Å². The SMILES string of the molecule is Cc1ccsc1-c1nsc(NC(=O)N2CCc3c(CC#N)cccc3C2)n1. The highest BCUT2D eigenvalue weighted by Gasteiger charge is 2.23. The van der Waals surface area contributed by atoms with Gasteiger partial charge in [0.15, 0.2) is 5.82 Å². The number of amides is 2. The maximum Gasteiger partial charge on any atom is 0.323 e. The molecule has 1 aliphatic rings. The zero-order valence-corrected chi connectivity index (χ0v) is 16.4. The van der Waals surface area contributed by atoms with Crippen molar-refractivity contribution in [2.24, 2.45) is 0 Å². The van der Waals surface area contributed by atoms with Gasteiger partial charge in [-0.2, -0.15) is 14.6 Å². The van der Waals surface area contributed by atoms with E-state index in [4.69, 9.17) is 5.26 Å². The van der Waals surface area contributed by atoms with Gasteiger partial charge in [-0.3, -0.25) is 5.32 Å². The van der Waals surface area contributed by atoms with Gasteiger partial charge in [0.05, 0.1) is 17.4 Å². The molecule has 3 heterocycles. The normalized spacial score (nSPS) is 13.1. The van der Waals surface area contributed by atoms with E-state index in [-0.39, 0.29) is 6.03 Å². The van der Waals surface area contributed by atoms with E-state index in [0.717, 1.165) is 28.0 Å². The number of carbonyl (C=O) groups is 1. The molecule has 4 rings (SSSR count). The number of aromatic nitrogens is 2. The third kappa shape index (κ3) is 3.56. The molecule has 0 radical (unpaired) electrons. The van der Waals surface area contributed by atoms with E-state index >= 15 is 0 Å². The van der Waals surface area contributed by atoms with Gasteiger partial charge in [0.1, 0.15) is 0 Å². The molecule has 0 aliphatic carbocycles. The molecule has 1 N–H and O–H groups in total. The summed E-state index contributed by atoms with van der Waals surface area (Å²) in [7, 11) is 0. The van der Waals surface area contributed by atoms with E-state index in [1.807, 2.05) is 36.6 Å². The lowest BCUT2D eigenvalue weighted by Crippen LogP contribution is -2.39. The molecule has 1 aromatic carbocycles. The second-order valence-electron chi connectivity index (χ2n) is 6.35. The summed E-state index contributed by atoms with van der Waals surface area (Å²) >= 11 is 2.79. The predicted molar refractivity (Wildman–Crippen MR) is 107 cm³/mol. The van der Waals surface area contributed by atoms with Gasteiger partial charge in [-0.25, -0.2) is 4.79 Å². The highest BCUT2D eigenvalue weighted by atomic mass is 32.1. The van der Waals surface area contributed by atoms with Crippen molar-refractivity contribution in [3.63, 3.8) is 0 Å². The molecule has 136 valence electrons. The lowest BCUT2D eigenvalue weighted by Gasteiger charge is -2.29. The van der Waals surface area contributed by atoms with Gasteiger partial charge in [-0.05, 0) is 47.0 Å². The zero-order chi connectivity index (χ0) is 18.8. The van der Waals surface area contributed by atoms with Crippen molar-refractivity contribution in [3.8, 4) is 16.8 Å². The number of rotatable bonds is 3. The minimum absolute atomic E-state index is 0.170. The standard InChI is InChI=1S/C19H17N5OS2/c1-12-7-10-26-16(12)17-21-18(27-23-17)22-19(25)24-9-6-15-13(5-8-20)3-2-4-14(15)11-24/h2-4,7,10H,5-6,9,11H2,1H3,(H,21,22,23,25). The Hall–Kier alpha value is -2.76. The smallest absolute Gasteiger partial charge is 0.320 e. The number of anilines is 1. The topological polar surface area (TPSA) is 81.9 Å². The number of hydrogen-bond acceptors (Lipinski definition) is 6. The van der Waals surface area contributed by atoms with Gasteiger partial charge >= 0.3 is 6.03 Å². The Kier molecular flexibility index (Phi) is 4.88. The first-order valence-electron chi connectivity index (χ1n) is 8.56. The van der Waals surface area contributed by atoms with E-state index in [0.29, 0.717) is 30.5 Å². The van der Waals surface area contributed by atoms with E-state index < -0.39 is 0 Å². The van der Waals surface area contributed by atoms with Crippen LogP contribution in [-0.2, 0) is 19.4 Å². The quantitative estimate of drug-likeness (QED) is 0.719. The molecule has 27 heavy (non-hydrogen) atoms. The highest BCUT2D eigenvalue weighted by molar-refractivity contribution is 7.14. The summed E-state index contributed by atoms with van der Waals surface area (Å²) in [5, 5.41) is 14.4. The van der Waals surface area contributed by atoms with E-state index in [1.165, 1.54) is 17.1 Å². The summed E-state index contributed by atoms with van der Waals surface area (Å²) in [5.41, 5.74) is 4.51. The first-order valence-corrected chi connectivity index (χ1v) is 10.2. The molecular weight excluding hydrogens is 378 g/mol. The fourth-order valence-electron chi connectivity index (χ4n) is 3.25. The van der Waals surface area contributed by atoms with Crippen LogP contribution in [0.25, 0.3) is 10.7 Å². The number of benzene rings is 1. The number of nitrogens with one attached hydrogen (secondary N) is 1. The molecule has 2 aromatic heterocycles. The van der Waals surface area contributed by atoms with Crippen LogP contribution in [0.1, 0.15) is 22.3 Å². The van der Waals surface area contributed by atoms with Crippen LogP contribution in [0.15, 0.2) is 29.6 Å². The van der Waals surface area contributed by atoms with Crippen LogP contribution in [0.4, 0.5) is 9.93 Å². The summed E-state index contributed by atoms with van der Waals surface area (Å²) in [6.45, 7) is 3.18. The van der Waals surface area contributed by atoms with Crippen LogP contribution in [0, 0.1) is 18.3 Å². The van der Waals surface area contributed by atoms with Crippen LogP contribution in [0.5, 0.6) is 0 Å². The summed E-state index contributed by atoms with van der Waals surface area (Å²) in [6, 6.07) is 10.0. The third-order valence-electron chi connectivity index (χ3n) is 4.62. The van der Waals surface area contributed by atoms with Crippen LogP contribution in [0.2, 0.25) is 0 Å². The number of nitrogens with zero attached hydrogens (tertiary/aromatic N) is 4. The molecule has 1 aliphatic heterocycles. The molecule has 0 atom stereocenters. The first-order chi connectivity index (χ1) is 13.2. The number of fused-ring (bicyclic) bond motifs is 1. The Bertz CT molecular complexity index is 1030. The minimum atomic E-state index is -0.170. The van der Waals surface area contributed by atoms with Crippen molar-refractivity contribution < 1.29 is 4.79 Å². The van der Waals surface area contributed by atoms with Crippen molar-refractivity contribution in [3.05, 3.63) is 51.9 Å². The fraction of sp³-hybridized carbons (Fsp3) is 0.263. The second kappa shape index (κ2) is 7.47. The van der Waals surface area contributed by atoms with E-state index in [1.54, 1.807) is 16.2 Å². The van der Waals surface area contributed by atoms with Crippen LogP contribution in [0.3, 0.4) is 0 Å². The lowest BCUT2D eigenvalue weighted by molar-refractivity contribution is 0.206. The molecule has 0 saturated carbocycles. The Morgan fingerprint density at radius 1 is 1.41 bits per heavy atom. The van der Waals surface area contributed by atoms with Crippen molar-refractivity contribution in [2.75, 3.05) is 11.9 Å². The number of nitriles is 1. The van der Waals surface area contributed by atoms with E-state index in [2.05, 4.69) is 20.7 Å². The largest absolute Gasteiger partial charge is 0.323 e.